The molecule has 2 aromatic rings. The van der Waals surface area contributed by atoms with E-state index in [9.17, 15) is 18.8 Å². The molecule has 2 aromatic carbocycles. The van der Waals surface area contributed by atoms with Crippen LogP contribution in [-0.4, -0.2) is 57.7 Å². The zero-order chi connectivity index (χ0) is 27.8. The minimum absolute atomic E-state index is 0.0487. The van der Waals surface area contributed by atoms with Crippen LogP contribution in [0, 0.1) is 5.82 Å². The summed E-state index contributed by atoms with van der Waals surface area (Å²) in [6.07, 6.45) is 0.137. The molecule has 3 amide bonds. The van der Waals surface area contributed by atoms with Crippen LogP contribution >= 0.6 is 11.6 Å². The lowest BCUT2D eigenvalue weighted by Crippen LogP contribution is -2.54. The Morgan fingerprint density at radius 3 is 2.50 bits per heavy atom. The predicted octanol–water partition coefficient (Wildman–Crippen LogP) is 6.33. The molecule has 3 unspecified atom stereocenters. The third-order valence-corrected chi connectivity index (χ3v) is 7.40. The normalized spacial score (nSPS) is 21.8. The van der Waals surface area contributed by atoms with Crippen molar-refractivity contribution < 1.29 is 28.2 Å². The van der Waals surface area contributed by atoms with E-state index in [1.54, 1.807) is 31.7 Å². The van der Waals surface area contributed by atoms with Gasteiger partial charge in [0.05, 0.1) is 23.0 Å². The lowest BCUT2D eigenvalue weighted by molar-refractivity contribution is -0.132. The molecule has 0 aromatic heterocycles. The Balaban J connectivity index is 1.76. The zero-order valence-electron chi connectivity index (χ0n) is 22.4. The first-order chi connectivity index (χ1) is 17.8. The van der Waals surface area contributed by atoms with Gasteiger partial charge in [-0.1, -0.05) is 48.0 Å². The molecule has 2 fully saturated rings. The van der Waals surface area contributed by atoms with Gasteiger partial charge in [-0.2, -0.15) is 0 Å². The average molecular weight is 545 g/mol. The number of cyclic esters (lactones) is 1. The van der Waals surface area contributed by atoms with E-state index >= 15 is 0 Å². The summed E-state index contributed by atoms with van der Waals surface area (Å²) in [7, 11) is 0. The number of amides is 3. The van der Waals surface area contributed by atoms with Crippen LogP contribution in [0.4, 0.5) is 14.0 Å². The molecule has 2 saturated heterocycles. The van der Waals surface area contributed by atoms with Gasteiger partial charge in [0.2, 0.25) is 5.91 Å². The minimum atomic E-state index is -1.04. The van der Waals surface area contributed by atoms with Crippen molar-refractivity contribution in [2.24, 2.45) is 0 Å². The Morgan fingerprint density at radius 2 is 1.87 bits per heavy atom. The standard InChI is InChI=1S/C29H34ClFN2O5/c1-28(2,3)38-27(36)33-23(13-14-29(33,4)5)24(19-11-12-21(30)22(31)16-19)25(34)32-20(17-37-26(32)35)15-18-9-7-6-8-10-18/h6-12,16,20,23-24H,13-15,17H2,1-5H3. The first-order valence-corrected chi connectivity index (χ1v) is 13.2. The summed E-state index contributed by atoms with van der Waals surface area (Å²) in [5.41, 5.74) is -0.122. The fourth-order valence-electron chi connectivity index (χ4n) is 5.36. The summed E-state index contributed by atoms with van der Waals surface area (Å²) in [5.74, 6) is -2.28. The van der Waals surface area contributed by atoms with Crippen LogP contribution in [0.3, 0.4) is 0 Å². The van der Waals surface area contributed by atoms with Gasteiger partial charge in [-0.15, -0.1) is 0 Å². The number of hydrogen-bond acceptors (Lipinski definition) is 5. The molecule has 0 aliphatic carbocycles. The van der Waals surface area contributed by atoms with E-state index in [1.165, 1.54) is 12.1 Å². The number of hydrogen-bond donors (Lipinski definition) is 0. The summed E-state index contributed by atoms with van der Waals surface area (Å²) in [4.78, 5) is 43.3. The quantitative estimate of drug-likeness (QED) is 0.439. The van der Waals surface area contributed by atoms with Gasteiger partial charge < -0.3 is 9.47 Å². The van der Waals surface area contributed by atoms with Crippen LogP contribution in [0.15, 0.2) is 48.5 Å². The third kappa shape index (κ3) is 5.80. The topological polar surface area (TPSA) is 76.2 Å². The highest BCUT2D eigenvalue weighted by Gasteiger charge is 2.52. The molecule has 38 heavy (non-hydrogen) atoms. The smallest absolute Gasteiger partial charge is 0.417 e. The maximum atomic E-state index is 14.7. The molecule has 204 valence electrons. The van der Waals surface area contributed by atoms with Gasteiger partial charge in [0.1, 0.15) is 18.0 Å². The van der Waals surface area contributed by atoms with Gasteiger partial charge in [-0.25, -0.2) is 18.9 Å². The number of halogens is 2. The molecule has 0 spiro atoms. The fourth-order valence-corrected chi connectivity index (χ4v) is 5.48. The van der Waals surface area contributed by atoms with Crippen LogP contribution in [-0.2, 0) is 20.7 Å². The Kier molecular flexibility index (Phi) is 7.75. The van der Waals surface area contributed by atoms with Gasteiger partial charge in [-0.05, 0) is 77.1 Å². The second kappa shape index (κ2) is 10.6. The van der Waals surface area contributed by atoms with E-state index in [4.69, 9.17) is 21.1 Å². The van der Waals surface area contributed by atoms with Crippen molar-refractivity contribution in [3.05, 3.63) is 70.5 Å². The number of carbonyl (C=O) groups excluding carboxylic acids is 3. The van der Waals surface area contributed by atoms with Crippen LogP contribution in [0.25, 0.3) is 0 Å². The van der Waals surface area contributed by atoms with Gasteiger partial charge >= 0.3 is 12.2 Å². The number of ether oxygens (including phenoxy) is 2. The Bertz CT molecular complexity index is 1210. The Hall–Kier alpha value is -3.13. The molecular weight excluding hydrogens is 511 g/mol. The van der Waals surface area contributed by atoms with Crippen LogP contribution in [0.5, 0.6) is 0 Å². The number of carbonyl (C=O) groups is 3. The molecule has 3 atom stereocenters. The maximum Gasteiger partial charge on any atom is 0.417 e. The molecule has 0 saturated carbocycles. The Labute approximate surface area is 227 Å². The Morgan fingerprint density at radius 1 is 1.18 bits per heavy atom. The van der Waals surface area contributed by atoms with Crippen molar-refractivity contribution in [2.45, 2.75) is 83.0 Å². The number of rotatable bonds is 5. The zero-order valence-corrected chi connectivity index (χ0v) is 23.1. The van der Waals surface area contributed by atoms with Gasteiger partial charge in [0.15, 0.2) is 0 Å². The van der Waals surface area contributed by atoms with Gasteiger partial charge in [0.25, 0.3) is 0 Å². The van der Waals surface area contributed by atoms with Crippen LogP contribution in [0.2, 0.25) is 5.02 Å². The van der Waals surface area contributed by atoms with E-state index in [1.807, 2.05) is 44.2 Å². The van der Waals surface area contributed by atoms with E-state index in [0.717, 1.165) is 10.5 Å². The van der Waals surface area contributed by atoms with Crippen molar-refractivity contribution in [3.8, 4) is 0 Å². The highest BCUT2D eigenvalue weighted by Crippen LogP contribution is 2.43. The second-order valence-corrected chi connectivity index (χ2v) is 12.0. The highest BCUT2D eigenvalue weighted by molar-refractivity contribution is 6.30. The summed E-state index contributed by atoms with van der Waals surface area (Å²) in [6, 6.07) is 12.4. The van der Waals surface area contributed by atoms with Crippen molar-refractivity contribution in [3.63, 3.8) is 0 Å². The van der Waals surface area contributed by atoms with E-state index < -0.39 is 53.1 Å². The molecule has 0 bridgehead atoms. The van der Waals surface area contributed by atoms with Crippen molar-refractivity contribution in [2.75, 3.05) is 6.61 Å². The van der Waals surface area contributed by atoms with Crippen molar-refractivity contribution in [1.29, 1.82) is 0 Å². The molecule has 9 heteroatoms. The predicted molar refractivity (Wildman–Crippen MR) is 141 cm³/mol. The van der Waals surface area contributed by atoms with Gasteiger partial charge in [0, 0.05) is 5.54 Å². The summed E-state index contributed by atoms with van der Waals surface area (Å²) in [6.45, 7) is 9.18. The highest BCUT2D eigenvalue weighted by atomic mass is 35.5. The maximum absolute atomic E-state index is 14.7. The van der Waals surface area contributed by atoms with E-state index in [0.29, 0.717) is 24.8 Å². The average Bonchev–Trinajstić information content (AvgIpc) is 3.34. The molecule has 2 heterocycles. The summed E-state index contributed by atoms with van der Waals surface area (Å²) in [5, 5.41) is -0.0850. The fraction of sp³-hybridized carbons (Fsp3) is 0.483. The SMILES string of the molecule is CC(C)(C)OC(=O)N1C(C(C(=O)N2C(=O)OCC2Cc2ccccc2)c2ccc(Cl)c(F)c2)CCC1(C)C. The minimum Gasteiger partial charge on any atom is -0.447 e. The third-order valence-electron chi connectivity index (χ3n) is 7.09. The molecule has 0 N–H and O–H groups in total. The molecular formula is C29H34ClFN2O5. The van der Waals surface area contributed by atoms with Crippen molar-refractivity contribution in [1.82, 2.24) is 9.80 Å². The first kappa shape index (κ1) is 27.9. The first-order valence-electron chi connectivity index (χ1n) is 12.8. The van der Waals surface area contributed by atoms with Crippen molar-refractivity contribution >= 4 is 29.7 Å². The number of nitrogens with zero attached hydrogens (tertiary/aromatic N) is 2. The summed E-state index contributed by atoms with van der Waals surface area (Å²) < 4.78 is 25.7. The lowest BCUT2D eigenvalue weighted by atomic mass is 9.87. The molecule has 2 aliphatic rings. The van der Waals surface area contributed by atoms with Gasteiger partial charge in [-0.3, -0.25) is 9.69 Å². The van der Waals surface area contributed by atoms with E-state index in [2.05, 4.69) is 0 Å². The van der Waals surface area contributed by atoms with Crippen LogP contribution in [0.1, 0.15) is 64.5 Å². The number of likely N-dealkylation sites (tertiary alicyclic amines) is 1. The molecule has 0 radical (unpaired) electrons. The second-order valence-electron chi connectivity index (χ2n) is 11.5. The summed E-state index contributed by atoms with van der Waals surface area (Å²) >= 11 is 5.96. The molecule has 4 rings (SSSR count). The lowest BCUT2D eigenvalue weighted by Gasteiger charge is -2.40. The van der Waals surface area contributed by atoms with Crippen LogP contribution < -0.4 is 0 Å². The molecule has 7 nitrogen and oxygen atoms in total. The van der Waals surface area contributed by atoms with E-state index in [-0.39, 0.29) is 11.6 Å². The monoisotopic (exact) mass is 544 g/mol. The molecule has 2 aliphatic heterocycles. The largest absolute Gasteiger partial charge is 0.447 e. The number of benzene rings is 2. The number of imide groups is 1.